The molecule has 1 aliphatic heterocycles. The van der Waals surface area contributed by atoms with Crippen LogP contribution in [0.15, 0.2) is 48.5 Å². The van der Waals surface area contributed by atoms with Gasteiger partial charge in [-0.2, -0.15) is 11.8 Å². The first kappa shape index (κ1) is 19.1. The number of nitrogens with zero attached hydrogens (tertiary/aromatic N) is 1. The Morgan fingerprint density at radius 3 is 2.62 bits per heavy atom. The summed E-state index contributed by atoms with van der Waals surface area (Å²) in [5, 5.41) is 8.93. The van der Waals surface area contributed by atoms with Crippen molar-refractivity contribution in [1.29, 1.82) is 0 Å². The predicted molar refractivity (Wildman–Crippen MR) is 111 cm³/mol. The number of benzene rings is 2. The first-order chi connectivity index (χ1) is 14.0. The molecule has 1 aliphatic rings. The van der Waals surface area contributed by atoms with Crippen LogP contribution in [-0.4, -0.2) is 39.7 Å². The molecule has 1 aromatic heterocycles. The van der Waals surface area contributed by atoms with Gasteiger partial charge in [-0.25, -0.2) is 4.79 Å². The number of aromatic nitrogens is 1. The number of Topliss-reactive ketones (excluding diaryl/α,β-unsaturated/α-hetero) is 1. The van der Waals surface area contributed by atoms with Gasteiger partial charge in [-0.1, -0.05) is 36.4 Å². The van der Waals surface area contributed by atoms with Crippen LogP contribution in [0.2, 0.25) is 0 Å². The largest absolute Gasteiger partial charge is 0.481 e. The second kappa shape index (κ2) is 7.63. The molecule has 2 heterocycles. The number of ether oxygens (including phenoxy) is 1. The molecule has 2 aromatic carbocycles. The fourth-order valence-corrected chi connectivity index (χ4v) is 4.84. The average Bonchev–Trinajstić information content (AvgIpc) is 3.03. The summed E-state index contributed by atoms with van der Waals surface area (Å²) < 4.78 is 7.37. The molecule has 0 saturated heterocycles. The standard InChI is InChI=1S/C21H19N2O5S/c22-21(27)20-18-17-13(7-4-8-15(17)28-10-16(25)26)23(19(18)14(24)11-29-20)9-12-5-2-1-3-6-12/h1-8,20,29H,9-11H2,(H2,22,27)(H,25,26). The van der Waals surface area contributed by atoms with Gasteiger partial charge in [0.15, 0.2) is 12.4 Å². The number of carbonyl (C=O) groups is 3. The third-order valence-corrected chi connectivity index (χ3v) is 6.20. The molecule has 1 atom stereocenters. The summed E-state index contributed by atoms with van der Waals surface area (Å²) >= 11 is 0.615. The van der Waals surface area contributed by atoms with E-state index in [0.29, 0.717) is 46.2 Å². The number of thiol groups is 1. The number of fused-ring (bicyclic) bond motifs is 3. The van der Waals surface area contributed by atoms with Crippen molar-refractivity contribution in [3.8, 4) is 5.75 Å². The van der Waals surface area contributed by atoms with Crippen LogP contribution in [0.1, 0.15) is 26.9 Å². The summed E-state index contributed by atoms with van der Waals surface area (Å²) in [4.78, 5) is 36.1. The summed E-state index contributed by atoms with van der Waals surface area (Å²) in [7, 11) is 0. The van der Waals surface area contributed by atoms with Crippen LogP contribution >= 0.6 is 11.8 Å². The van der Waals surface area contributed by atoms with Crippen molar-refractivity contribution in [1.82, 2.24) is 4.57 Å². The van der Waals surface area contributed by atoms with Gasteiger partial charge in [0.05, 0.1) is 11.2 Å². The molecule has 149 valence electrons. The number of hydrogen-bond donors (Lipinski definition) is 3. The molecule has 4 rings (SSSR count). The number of ketones is 1. The van der Waals surface area contributed by atoms with Gasteiger partial charge in [0.1, 0.15) is 11.0 Å². The lowest BCUT2D eigenvalue weighted by Crippen LogP contribution is -2.27. The number of hydrogen-bond acceptors (Lipinski definition) is 4. The smallest absolute Gasteiger partial charge is 0.341 e. The van der Waals surface area contributed by atoms with E-state index in [2.05, 4.69) is 0 Å². The van der Waals surface area contributed by atoms with E-state index < -0.39 is 23.7 Å². The molecule has 3 N–H and O–H groups in total. The Labute approximate surface area is 170 Å². The van der Waals surface area contributed by atoms with Crippen LogP contribution in [0.25, 0.3) is 10.9 Å². The number of carboxylic acids is 1. The van der Waals surface area contributed by atoms with Crippen LogP contribution in [0.4, 0.5) is 0 Å². The van der Waals surface area contributed by atoms with Gasteiger partial charge in [0, 0.05) is 23.2 Å². The SMILES string of the molecule is NC(=O)C1[SH]CC(=O)c2c1c1c(OCC(=O)O)cccc1n2Cc1ccccc1. The van der Waals surface area contributed by atoms with Crippen LogP contribution in [0.3, 0.4) is 0 Å². The Morgan fingerprint density at radius 1 is 1.17 bits per heavy atom. The highest BCUT2D eigenvalue weighted by Gasteiger charge is 2.36. The molecule has 1 amide bonds. The fourth-order valence-electron chi connectivity index (χ4n) is 3.73. The molecule has 8 heteroatoms. The second-order valence-electron chi connectivity index (χ2n) is 6.74. The summed E-state index contributed by atoms with van der Waals surface area (Å²) in [6.45, 7) is -0.0895. The first-order valence-corrected chi connectivity index (χ1v) is 10.1. The van der Waals surface area contributed by atoms with Crippen molar-refractivity contribution >= 4 is 40.3 Å². The zero-order valence-electron chi connectivity index (χ0n) is 15.4. The lowest BCUT2D eigenvalue weighted by molar-refractivity contribution is -0.139. The monoisotopic (exact) mass is 411 g/mol. The topological polar surface area (TPSA) is 112 Å². The number of rotatable bonds is 6. The van der Waals surface area contributed by atoms with Crippen molar-refractivity contribution in [2.45, 2.75) is 11.8 Å². The van der Waals surface area contributed by atoms with Crippen molar-refractivity contribution in [2.75, 3.05) is 12.4 Å². The Balaban J connectivity index is 1.98. The lowest BCUT2D eigenvalue weighted by Gasteiger charge is -2.22. The van der Waals surface area contributed by atoms with Crippen molar-refractivity contribution < 1.29 is 24.2 Å². The van der Waals surface area contributed by atoms with Crippen LogP contribution < -0.4 is 10.5 Å². The lowest BCUT2D eigenvalue weighted by atomic mass is 10.0. The minimum Gasteiger partial charge on any atom is -0.481 e. The number of aliphatic carboxylic acids is 1. The van der Waals surface area contributed by atoms with E-state index in [1.54, 1.807) is 12.1 Å². The van der Waals surface area contributed by atoms with Gasteiger partial charge in [0.25, 0.3) is 0 Å². The maximum atomic E-state index is 12.9. The summed E-state index contributed by atoms with van der Waals surface area (Å²) in [5.74, 6) is -1.18. The Bertz CT molecular complexity index is 1120. The maximum Gasteiger partial charge on any atom is 0.341 e. The molecule has 1 unspecified atom stereocenters. The Hall–Kier alpha value is -3.26. The first-order valence-electron chi connectivity index (χ1n) is 9.00. The van der Waals surface area contributed by atoms with E-state index >= 15 is 0 Å². The number of carboxylic acid groups (broad SMARTS) is 1. The minimum absolute atomic E-state index is 0.0736. The number of primary amides is 1. The molecule has 0 spiro atoms. The normalized spacial score (nSPS) is 15.9. The highest BCUT2D eigenvalue weighted by atomic mass is 32.2. The van der Waals surface area contributed by atoms with Crippen molar-refractivity contribution in [3.05, 3.63) is 65.4 Å². The fraction of sp³-hybridized carbons (Fsp3) is 0.190. The average molecular weight is 411 g/mol. The van der Waals surface area contributed by atoms with Crippen LogP contribution in [-0.2, 0) is 16.1 Å². The van der Waals surface area contributed by atoms with Gasteiger partial charge in [0.2, 0.25) is 5.91 Å². The van der Waals surface area contributed by atoms with E-state index in [1.807, 2.05) is 41.0 Å². The van der Waals surface area contributed by atoms with E-state index in [-0.39, 0.29) is 11.5 Å². The molecule has 3 aromatic rings. The van der Waals surface area contributed by atoms with E-state index in [1.165, 1.54) is 0 Å². The molecule has 0 aliphatic carbocycles. The third-order valence-electron chi connectivity index (χ3n) is 4.85. The molecule has 1 radical (unpaired) electrons. The summed E-state index contributed by atoms with van der Waals surface area (Å²) in [6.07, 6.45) is 0. The highest BCUT2D eigenvalue weighted by molar-refractivity contribution is 8.01. The zero-order valence-corrected chi connectivity index (χ0v) is 16.3. The zero-order chi connectivity index (χ0) is 20.5. The van der Waals surface area contributed by atoms with Gasteiger partial charge in [-0.15, -0.1) is 0 Å². The van der Waals surface area contributed by atoms with E-state index in [9.17, 15) is 14.4 Å². The molecule has 7 nitrogen and oxygen atoms in total. The molecular formula is C21H19N2O5S. The maximum absolute atomic E-state index is 12.9. The van der Waals surface area contributed by atoms with Crippen molar-refractivity contribution in [2.24, 2.45) is 5.73 Å². The van der Waals surface area contributed by atoms with Crippen molar-refractivity contribution in [3.63, 3.8) is 0 Å². The van der Waals surface area contributed by atoms with Gasteiger partial charge in [-0.05, 0) is 17.7 Å². The van der Waals surface area contributed by atoms with Gasteiger partial charge >= 0.3 is 5.97 Å². The third kappa shape index (κ3) is 3.47. The van der Waals surface area contributed by atoms with Gasteiger partial charge < -0.3 is 20.1 Å². The number of nitrogens with two attached hydrogens (primary N) is 1. The molecule has 29 heavy (non-hydrogen) atoms. The number of carbonyl (C=O) groups excluding carboxylic acids is 2. The second-order valence-corrected chi connectivity index (χ2v) is 7.93. The molecule has 0 saturated carbocycles. The molecule has 0 bridgehead atoms. The predicted octanol–water partition coefficient (Wildman–Crippen LogP) is 2.34. The highest BCUT2D eigenvalue weighted by Crippen LogP contribution is 2.45. The van der Waals surface area contributed by atoms with Gasteiger partial charge in [-0.3, -0.25) is 9.59 Å². The Kier molecular flexibility index (Phi) is 5.02. The quantitative estimate of drug-likeness (QED) is 0.539. The van der Waals surface area contributed by atoms with E-state index in [0.717, 1.165) is 5.56 Å². The van der Waals surface area contributed by atoms with Crippen LogP contribution in [0, 0.1) is 0 Å². The minimum atomic E-state index is -1.11. The summed E-state index contributed by atoms with van der Waals surface area (Å²) in [5.41, 5.74) is 8.33. The summed E-state index contributed by atoms with van der Waals surface area (Å²) in [6, 6.07) is 14.9. The Morgan fingerprint density at radius 2 is 1.93 bits per heavy atom. The molecular weight excluding hydrogens is 392 g/mol. The van der Waals surface area contributed by atoms with Crippen LogP contribution in [0.5, 0.6) is 5.75 Å². The van der Waals surface area contributed by atoms with E-state index in [4.69, 9.17) is 15.6 Å². The molecule has 0 fully saturated rings. The number of amides is 1.